The van der Waals surface area contributed by atoms with Crippen LogP contribution in [0.15, 0.2) is 51.8 Å². The zero-order valence-electron chi connectivity index (χ0n) is 13.5. The number of benzene rings is 2. The number of hydrogen-bond donors (Lipinski definition) is 2. The van der Waals surface area contributed by atoms with Gasteiger partial charge in [-0.2, -0.15) is 0 Å². The van der Waals surface area contributed by atoms with E-state index >= 15 is 0 Å². The first-order valence-electron chi connectivity index (χ1n) is 7.86. The van der Waals surface area contributed by atoms with Crippen molar-refractivity contribution in [2.75, 3.05) is 10.0 Å². The van der Waals surface area contributed by atoms with Gasteiger partial charge in [0.2, 0.25) is 5.91 Å². The Labute approximate surface area is 144 Å². The third-order valence-corrected chi connectivity index (χ3v) is 5.55. The Morgan fingerprint density at radius 1 is 1.08 bits per heavy atom. The number of sulfonamides is 1. The van der Waals surface area contributed by atoms with Crippen LogP contribution in [0.3, 0.4) is 0 Å². The number of aryl methyl sites for hydroxylation is 2. The zero-order valence-corrected chi connectivity index (χ0v) is 14.3. The molecule has 0 bridgehead atoms. The molecule has 0 fully saturated rings. The van der Waals surface area contributed by atoms with Crippen molar-refractivity contribution in [3.63, 3.8) is 0 Å². The molecule has 2 aromatic carbocycles. The monoisotopic (exact) mass is 356 g/mol. The second kappa shape index (κ2) is 5.63. The van der Waals surface area contributed by atoms with Crippen molar-refractivity contribution < 1.29 is 17.6 Å². The molecule has 7 heteroatoms. The van der Waals surface area contributed by atoms with Crippen LogP contribution in [-0.4, -0.2) is 14.3 Å². The first-order chi connectivity index (χ1) is 11.9. The lowest BCUT2D eigenvalue weighted by Crippen LogP contribution is -2.20. The Morgan fingerprint density at radius 3 is 2.76 bits per heavy atom. The van der Waals surface area contributed by atoms with Crippen LogP contribution in [-0.2, 0) is 21.2 Å². The Kier molecular flexibility index (Phi) is 3.54. The average molecular weight is 356 g/mol. The molecule has 1 aliphatic heterocycles. The molecule has 0 radical (unpaired) electrons. The molecule has 2 N–H and O–H groups in total. The molecule has 25 heavy (non-hydrogen) atoms. The molecule has 0 spiro atoms. The summed E-state index contributed by atoms with van der Waals surface area (Å²) in [7, 11) is -3.72. The number of fused-ring (bicyclic) bond motifs is 2. The SMILES string of the molecule is Cc1cc2cc(NS(=O)(=O)c3ccc4c(c3)CCC(=O)N4)ccc2o1. The molecule has 4 rings (SSSR count). The van der Waals surface area contributed by atoms with E-state index in [2.05, 4.69) is 10.0 Å². The van der Waals surface area contributed by atoms with Crippen molar-refractivity contribution in [1.82, 2.24) is 0 Å². The normalized spacial score (nSPS) is 14.2. The highest BCUT2D eigenvalue weighted by Crippen LogP contribution is 2.28. The Morgan fingerprint density at radius 2 is 1.92 bits per heavy atom. The Hall–Kier alpha value is -2.80. The maximum Gasteiger partial charge on any atom is 0.261 e. The van der Waals surface area contributed by atoms with Crippen LogP contribution in [0.2, 0.25) is 0 Å². The Balaban J connectivity index is 1.65. The van der Waals surface area contributed by atoms with Gasteiger partial charge < -0.3 is 9.73 Å². The number of anilines is 2. The summed E-state index contributed by atoms with van der Waals surface area (Å²) in [5.74, 6) is 0.719. The molecule has 6 nitrogen and oxygen atoms in total. The number of nitrogens with one attached hydrogen (secondary N) is 2. The second-order valence-corrected chi connectivity index (χ2v) is 7.76. The number of rotatable bonds is 3. The van der Waals surface area contributed by atoms with Crippen LogP contribution in [0, 0.1) is 6.92 Å². The van der Waals surface area contributed by atoms with Gasteiger partial charge in [-0.1, -0.05) is 0 Å². The largest absolute Gasteiger partial charge is 0.461 e. The second-order valence-electron chi connectivity index (χ2n) is 6.08. The summed E-state index contributed by atoms with van der Waals surface area (Å²) in [5.41, 5.74) is 2.68. The molecule has 0 aliphatic carbocycles. The van der Waals surface area contributed by atoms with Crippen molar-refractivity contribution in [3.8, 4) is 0 Å². The zero-order chi connectivity index (χ0) is 17.6. The van der Waals surface area contributed by atoms with Crippen LogP contribution >= 0.6 is 0 Å². The van der Waals surface area contributed by atoms with Crippen molar-refractivity contribution >= 4 is 38.3 Å². The minimum absolute atomic E-state index is 0.0510. The molecule has 2 heterocycles. The molecular weight excluding hydrogens is 340 g/mol. The third kappa shape index (κ3) is 2.98. The number of hydrogen-bond acceptors (Lipinski definition) is 4. The highest BCUT2D eigenvalue weighted by Gasteiger charge is 2.20. The predicted molar refractivity (Wildman–Crippen MR) is 95.2 cm³/mol. The molecule has 1 aromatic heterocycles. The fourth-order valence-electron chi connectivity index (χ4n) is 2.98. The molecule has 0 atom stereocenters. The van der Waals surface area contributed by atoms with Crippen LogP contribution in [0.25, 0.3) is 11.0 Å². The van der Waals surface area contributed by atoms with E-state index in [9.17, 15) is 13.2 Å². The van der Waals surface area contributed by atoms with Gasteiger partial charge in [0.05, 0.1) is 4.90 Å². The fourth-order valence-corrected chi connectivity index (χ4v) is 4.08. The minimum atomic E-state index is -3.72. The van der Waals surface area contributed by atoms with E-state index in [1.165, 1.54) is 6.07 Å². The van der Waals surface area contributed by atoms with Crippen LogP contribution in [0.5, 0.6) is 0 Å². The van der Waals surface area contributed by atoms with Crippen molar-refractivity contribution in [2.45, 2.75) is 24.7 Å². The standard InChI is InChI=1S/C18H16N2O4S/c1-11-8-13-9-14(3-6-17(13)24-11)20-25(22,23)15-4-5-16-12(10-15)2-7-18(21)19-16/h3-6,8-10,20H,2,7H2,1H3,(H,19,21). The summed E-state index contributed by atoms with van der Waals surface area (Å²) in [4.78, 5) is 11.6. The van der Waals surface area contributed by atoms with Gasteiger partial charge in [0.1, 0.15) is 11.3 Å². The molecule has 0 unspecified atom stereocenters. The number of carbonyl (C=O) groups excluding carboxylic acids is 1. The van der Waals surface area contributed by atoms with Gasteiger partial charge in [0.25, 0.3) is 10.0 Å². The summed E-state index contributed by atoms with van der Waals surface area (Å²) in [5, 5.41) is 3.58. The van der Waals surface area contributed by atoms with Gasteiger partial charge >= 0.3 is 0 Å². The fraction of sp³-hybridized carbons (Fsp3) is 0.167. The predicted octanol–water partition coefficient (Wildman–Crippen LogP) is 3.43. The van der Waals surface area contributed by atoms with E-state index in [-0.39, 0.29) is 10.8 Å². The van der Waals surface area contributed by atoms with Gasteiger partial charge in [-0.05, 0) is 61.4 Å². The number of carbonyl (C=O) groups is 1. The smallest absolute Gasteiger partial charge is 0.261 e. The lowest BCUT2D eigenvalue weighted by Gasteiger charge is -2.17. The molecule has 1 amide bonds. The molecule has 1 aliphatic rings. The summed E-state index contributed by atoms with van der Waals surface area (Å²) in [6.45, 7) is 1.84. The van der Waals surface area contributed by atoms with Crippen LogP contribution < -0.4 is 10.0 Å². The van der Waals surface area contributed by atoms with E-state index in [0.29, 0.717) is 29.8 Å². The minimum Gasteiger partial charge on any atom is -0.461 e. The third-order valence-electron chi connectivity index (χ3n) is 4.17. The van der Waals surface area contributed by atoms with E-state index in [4.69, 9.17) is 4.42 Å². The molecular formula is C18H16N2O4S. The van der Waals surface area contributed by atoms with E-state index in [1.54, 1.807) is 30.3 Å². The number of furan rings is 1. The average Bonchev–Trinajstić information content (AvgIpc) is 2.93. The van der Waals surface area contributed by atoms with Crippen molar-refractivity contribution in [3.05, 3.63) is 53.8 Å². The van der Waals surface area contributed by atoms with E-state index < -0.39 is 10.0 Å². The highest BCUT2D eigenvalue weighted by atomic mass is 32.2. The lowest BCUT2D eigenvalue weighted by atomic mass is 10.0. The summed E-state index contributed by atoms with van der Waals surface area (Å²) >= 11 is 0. The van der Waals surface area contributed by atoms with Gasteiger partial charge in [-0.25, -0.2) is 8.42 Å². The summed E-state index contributed by atoms with van der Waals surface area (Å²) in [6, 6.07) is 11.7. The maximum atomic E-state index is 12.7. The molecule has 0 saturated carbocycles. The van der Waals surface area contributed by atoms with Crippen LogP contribution in [0.4, 0.5) is 11.4 Å². The number of amides is 1. The van der Waals surface area contributed by atoms with Crippen molar-refractivity contribution in [1.29, 1.82) is 0 Å². The molecule has 0 saturated heterocycles. The first kappa shape index (κ1) is 15.7. The maximum absolute atomic E-state index is 12.7. The lowest BCUT2D eigenvalue weighted by molar-refractivity contribution is -0.116. The van der Waals surface area contributed by atoms with Gasteiger partial charge in [-0.15, -0.1) is 0 Å². The van der Waals surface area contributed by atoms with E-state index in [1.807, 2.05) is 13.0 Å². The van der Waals surface area contributed by atoms with Crippen LogP contribution in [0.1, 0.15) is 17.7 Å². The van der Waals surface area contributed by atoms with Gasteiger partial charge in [-0.3, -0.25) is 9.52 Å². The van der Waals surface area contributed by atoms with Gasteiger partial charge in [0.15, 0.2) is 0 Å². The van der Waals surface area contributed by atoms with E-state index in [0.717, 1.165) is 16.7 Å². The quantitative estimate of drug-likeness (QED) is 0.752. The summed E-state index contributed by atoms with van der Waals surface area (Å²) < 4.78 is 33.4. The highest BCUT2D eigenvalue weighted by molar-refractivity contribution is 7.92. The Bertz CT molecular complexity index is 1100. The summed E-state index contributed by atoms with van der Waals surface area (Å²) in [6.07, 6.45) is 0.894. The topological polar surface area (TPSA) is 88.4 Å². The molecule has 128 valence electrons. The molecule has 3 aromatic rings. The van der Waals surface area contributed by atoms with Crippen molar-refractivity contribution in [2.24, 2.45) is 0 Å². The first-order valence-corrected chi connectivity index (χ1v) is 9.35. The van der Waals surface area contributed by atoms with Gasteiger partial charge in [0, 0.05) is 23.2 Å².